The molecule has 3 aromatic rings. The van der Waals surface area contributed by atoms with Gasteiger partial charge >= 0.3 is 0 Å². The maximum absolute atomic E-state index is 4.55. The molecule has 0 N–H and O–H groups in total. The van der Waals surface area contributed by atoms with Gasteiger partial charge in [0.25, 0.3) is 0 Å². The summed E-state index contributed by atoms with van der Waals surface area (Å²) in [7, 11) is 0. The number of rotatable bonds is 1. The van der Waals surface area contributed by atoms with Crippen LogP contribution in [-0.4, -0.2) is 9.55 Å². The molecule has 0 amide bonds. The molecule has 0 bridgehead atoms. The van der Waals surface area contributed by atoms with Gasteiger partial charge in [-0.2, -0.15) is 0 Å². The van der Waals surface area contributed by atoms with Gasteiger partial charge in [0, 0.05) is 5.69 Å². The molecule has 0 aliphatic carbocycles. The van der Waals surface area contributed by atoms with E-state index in [9.17, 15) is 0 Å². The molecule has 1 heterocycles. The Balaban J connectivity index is 0.000000461. The van der Waals surface area contributed by atoms with Crippen LogP contribution >= 0.6 is 0 Å². The Labute approximate surface area is 122 Å². The number of aromatic nitrogens is 2. The normalized spacial score (nSPS) is 9.25. The van der Waals surface area contributed by atoms with Gasteiger partial charge in [0.05, 0.1) is 11.0 Å². The topological polar surface area (TPSA) is 17.8 Å². The summed E-state index contributed by atoms with van der Waals surface area (Å²) < 4.78 is 2.18. The molecule has 3 rings (SSSR count). The van der Waals surface area contributed by atoms with Gasteiger partial charge in [-0.05, 0) is 31.2 Å². The van der Waals surface area contributed by atoms with E-state index >= 15 is 0 Å². The Morgan fingerprint density at radius 2 is 1.30 bits per heavy atom. The molecule has 20 heavy (non-hydrogen) atoms. The Hall–Kier alpha value is -2.09. The lowest BCUT2D eigenvalue weighted by Crippen LogP contribution is -1.95. The fourth-order valence-corrected chi connectivity index (χ4v) is 2.05. The summed E-state index contributed by atoms with van der Waals surface area (Å²) in [4.78, 5) is 4.55. The summed E-state index contributed by atoms with van der Waals surface area (Å²) in [6, 6.07) is 18.5. The second kappa shape index (κ2) is 8.16. The molecule has 0 unspecified atom stereocenters. The van der Waals surface area contributed by atoms with Crippen molar-refractivity contribution in [2.75, 3.05) is 0 Å². The van der Waals surface area contributed by atoms with Crippen LogP contribution in [0.25, 0.3) is 16.7 Å². The molecule has 2 heteroatoms. The third kappa shape index (κ3) is 3.27. The number of hydrogen-bond acceptors (Lipinski definition) is 1. The van der Waals surface area contributed by atoms with E-state index in [0.29, 0.717) is 0 Å². The fourth-order valence-electron chi connectivity index (χ4n) is 2.05. The van der Waals surface area contributed by atoms with Crippen LogP contribution in [0.2, 0.25) is 0 Å². The fraction of sp³-hybridized carbons (Fsp3) is 0.278. The lowest BCUT2D eigenvalue weighted by atomic mass is 10.3. The van der Waals surface area contributed by atoms with Crippen LogP contribution in [0.15, 0.2) is 54.6 Å². The van der Waals surface area contributed by atoms with Crippen LogP contribution in [0.3, 0.4) is 0 Å². The number of hydrogen-bond donors (Lipinski definition) is 0. The molecule has 2 nitrogen and oxygen atoms in total. The third-order valence-corrected chi connectivity index (χ3v) is 2.74. The molecular formula is C18H24N2. The minimum atomic E-state index is 1.02. The predicted octanol–water partition coefficient (Wildman–Crippen LogP) is 5.39. The van der Waals surface area contributed by atoms with Crippen molar-refractivity contribution in [3.05, 3.63) is 60.4 Å². The highest BCUT2D eigenvalue weighted by Crippen LogP contribution is 2.20. The molecule has 0 spiro atoms. The molecule has 0 atom stereocenters. The van der Waals surface area contributed by atoms with Gasteiger partial charge in [-0.3, -0.25) is 4.57 Å². The first-order valence-corrected chi connectivity index (χ1v) is 7.36. The number of benzene rings is 2. The van der Waals surface area contributed by atoms with Crippen LogP contribution in [0.4, 0.5) is 0 Å². The molecule has 0 fully saturated rings. The molecular weight excluding hydrogens is 244 g/mol. The van der Waals surface area contributed by atoms with Gasteiger partial charge in [-0.15, -0.1) is 0 Å². The number of nitrogens with zero attached hydrogens (tertiary/aromatic N) is 2. The first-order chi connectivity index (χ1) is 9.86. The highest BCUT2D eigenvalue weighted by atomic mass is 15.1. The zero-order chi connectivity index (χ0) is 15.0. The second-order valence-corrected chi connectivity index (χ2v) is 3.82. The van der Waals surface area contributed by atoms with Crippen molar-refractivity contribution < 1.29 is 0 Å². The summed E-state index contributed by atoms with van der Waals surface area (Å²) in [6.07, 6.45) is 0. The van der Waals surface area contributed by atoms with Crippen molar-refractivity contribution in [3.63, 3.8) is 0 Å². The third-order valence-electron chi connectivity index (χ3n) is 2.74. The first kappa shape index (κ1) is 16.0. The molecule has 0 aliphatic heterocycles. The van der Waals surface area contributed by atoms with E-state index in [-0.39, 0.29) is 0 Å². The lowest BCUT2D eigenvalue weighted by molar-refractivity contribution is 1.00. The van der Waals surface area contributed by atoms with Gasteiger partial charge in [0.2, 0.25) is 0 Å². The molecule has 1 aromatic heterocycles. The van der Waals surface area contributed by atoms with Crippen molar-refractivity contribution in [2.24, 2.45) is 0 Å². The Morgan fingerprint density at radius 1 is 0.750 bits per heavy atom. The van der Waals surface area contributed by atoms with Crippen LogP contribution in [0.5, 0.6) is 0 Å². The van der Waals surface area contributed by atoms with Crippen molar-refractivity contribution in [1.82, 2.24) is 9.55 Å². The first-order valence-electron chi connectivity index (χ1n) is 7.36. The maximum atomic E-state index is 4.55. The van der Waals surface area contributed by atoms with Gasteiger partial charge < -0.3 is 0 Å². The van der Waals surface area contributed by atoms with Crippen molar-refractivity contribution >= 4 is 11.0 Å². The summed E-state index contributed by atoms with van der Waals surface area (Å²) in [5.41, 5.74) is 3.36. The van der Waals surface area contributed by atoms with Crippen LogP contribution in [-0.2, 0) is 0 Å². The number of fused-ring (bicyclic) bond motifs is 1. The SMILES string of the molecule is CC.CC.Cc1nc2ccccc2n1-c1ccccc1. The molecule has 2 aromatic carbocycles. The van der Waals surface area contributed by atoms with Crippen LogP contribution in [0.1, 0.15) is 33.5 Å². The number of aryl methyl sites for hydroxylation is 1. The van der Waals surface area contributed by atoms with E-state index in [2.05, 4.69) is 27.8 Å². The van der Waals surface area contributed by atoms with E-state index in [4.69, 9.17) is 0 Å². The summed E-state index contributed by atoms with van der Waals surface area (Å²) in [5.74, 6) is 1.02. The van der Waals surface area contributed by atoms with Crippen LogP contribution < -0.4 is 0 Å². The van der Waals surface area contributed by atoms with Gasteiger partial charge in [-0.25, -0.2) is 4.98 Å². The highest BCUT2D eigenvalue weighted by Gasteiger charge is 2.07. The molecule has 0 radical (unpaired) electrons. The predicted molar refractivity (Wildman–Crippen MR) is 88.5 cm³/mol. The van der Waals surface area contributed by atoms with E-state index < -0.39 is 0 Å². The van der Waals surface area contributed by atoms with Crippen molar-refractivity contribution in [2.45, 2.75) is 34.6 Å². The van der Waals surface area contributed by atoms with E-state index in [1.54, 1.807) is 0 Å². The van der Waals surface area contributed by atoms with Gasteiger partial charge in [0.15, 0.2) is 0 Å². The molecule has 0 saturated heterocycles. The minimum absolute atomic E-state index is 1.02. The minimum Gasteiger partial charge on any atom is -0.297 e. The smallest absolute Gasteiger partial charge is 0.111 e. The zero-order valence-corrected chi connectivity index (χ0v) is 13.1. The highest BCUT2D eigenvalue weighted by molar-refractivity contribution is 5.78. The molecule has 106 valence electrons. The summed E-state index contributed by atoms with van der Waals surface area (Å²) >= 11 is 0. The second-order valence-electron chi connectivity index (χ2n) is 3.82. The monoisotopic (exact) mass is 268 g/mol. The summed E-state index contributed by atoms with van der Waals surface area (Å²) in [6.45, 7) is 10.0. The van der Waals surface area contributed by atoms with Gasteiger partial charge in [0.1, 0.15) is 5.82 Å². The Kier molecular flexibility index (Phi) is 6.51. The Bertz CT molecular complexity index is 624. The number of imidazole rings is 1. The van der Waals surface area contributed by atoms with Gasteiger partial charge in [-0.1, -0.05) is 58.0 Å². The van der Waals surface area contributed by atoms with Crippen molar-refractivity contribution in [3.8, 4) is 5.69 Å². The Morgan fingerprint density at radius 3 is 1.95 bits per heavy atom. The molecule has 0 aliphatic rings. The quantitative estimate of drug-likeness (QED) is 0.579. The van der Waals surface area contributed by atoms with Crippen molar-refractivity contribution in [1.29, 1.82) is 0 Å². The van der Waals surface area contributed by atoms with E-state index in [1.165, 1.54) is 0 Å². The van der Waals surface area contributed by atoms with E-state index in [1.807, 2.05) is 71.0 Å². The molecule has 0 saturated carbocycles. The van der Waals surface area contributed by atoms with E-state index in [0.717, 1.165) is 22.5 Å². The summed E-state index contributed by atoms with van der Waals surface area (Å²) in [5, 5.41) is 0. The zero-order valence-electron chi connectivity index (χ0n) is 13.1. The number of para-hydroxylation sites is 3. The lowest BCUT2D eigenvalue weighted by Gasteiger charge is -2.05. The average Bonchev–Trinajstić information content (AvgIpc) is 2.88. The van der Waals surface area contributed by atoms with Crippen LogP contribution in [0, 0.1) is 6.92 Å². The standard InChI is InChI=1S/C14H12N2.2C2H6/c1-11-15-13-9-5-6-10-14(13)16(11)12-7-3-2-4-8-12;2*1-2/h2-10H,1H3;2*1-2H3. The maximum Gasteiger partial charge on any atom is 0.111 e. The average molecular weight is 268 g/mol. The largest absolute Gasteiger partial charge is 0.297 e.